The third-order valence-electron chi connectivity index (χ3n) is 9.06. The molecular weight excluding hydrogens is 751 g/mol. The van der Waals surface area contributed by atoms with E-state index in [1.807, 2.05) is 0 Å². The first-order valence-electron chi connectivity index (χ1n) is 22.6. The molecule has 3 atom stereocenters. The van der Waals surface area contributed by atoms with E-state index >= 15 is 0 Å². The molecule has 0 saturated heterocycles. The number of ether oxygens (including phenoxy) is 2. The number of allylic oxidation sites excluding steroid dienone is 14. The number of phosphoric ester groups is 1. The predicted molar refractivity (Wildman–Crippen MR) is 242 cm³/mol. The van der Waals surface area contributed by atoms with E-state index in [1.54, 1.807) is 0 Å². The fraction of sp³-hybridized carbons (Fsp3) is 0.688. The van der Waals surface area contributed by atoms with Crippen molar-refractivity contribution in [1.82, 2.24) is 0 Å². The number of hydrogen-bond acceptors (Lipinski definition) is 8. The summed E-state index contributed by atoms with van der Waals surface area (Å²) < 4.78 is 33.3. The summed E-state index contributed by atoms with van der Waals surface area (Å²) in [5.74, 6) is -0.412. The van der Waals surface area contributed by atoms with Gasteiger partial charge in [0.2, 0.25) is 0 Å². The molecule has 0 amide bonds. The molecular formula is C48H83O9P. The summed E-state index contributed by atoms with van der Waals surface area (Å²) in [6, 6.07) is 0. The second-order valence-electron chi connectivity index (χ2n) is 14.7. The molecule has 0 fully saturated rings. The molecule has 0 bridgehead atoms. The van der Waals surface area contributed by atoms with Crippen molar-refractivity contribution >= 4 is 13.8 Å². The number of esters is 1. The molecule has 10 heteroatoms. The van der Waals surface area contributed by atoms with Crippen LogP contribution in [-0.2, 0) is 27.9 Å². The molecule has 0 radical (unpaired) electrons. The maximum Gasteiger partial charge on any atom is 0.472 e. The Balaban J connectivity index is 4.21. The van der Waals surface area contributed by atoms with Gasteiger partial charge in [-0.25, -0.2) is 4.57 Å². The summed E-state index contributed by atoms with van der Waals surface area (Å²) >= 11 is 0. The van der Waals surface area contributed by atoms with Crippen molar-refractivity contribution in [3.05, 3.63) is 85.1 Å². The highest BCUT2D eigenvalue weighted by atomic mass is 31.2. The zero-order chi connectivity index (χ0) is 42.5. The molecule has 0 heterocycles. The molecule has 0 aliphatic carbocycles. The van der Waals surface area contributed by atoms with E-state index in [9.17, 15) is 19.4 Å². The number of hydrogen-bond donors (Lipinski definition) is 3. The molecule has 9 nitrogen and oxygen atoms in total. The Hall–Kier alpha value is -2.36. The number of carbonyl (C=O) groups excluding carboxylic acids is 1. The smallest absolute Gasteiger partial charge is 0.457 e. The molecule has 0 rings (SSSR count). The molecule has 0 aliphatic heterocycles. The number of rotatable bonds is 42. The number of unbranched alkanes of at least 4 members (excludes halogenated alkanes) is 14. The van der Waals surface area contributed by atoms with Crippen molar-refractivity contribution in [3.8, 4) is 0 Å². The van der Waals surface area contributed by atoms with Gasteiger partial charge in [0.1, 0.15) is 12.2 Å². The monoisotopic (exact) mass is 835 g/mol. The Bertz CT molecular complexity index is 1170. The molecule has 0 saturated carbocycles. The number of phosphoric acid groups is 1. The van der Waals surface area contributed by atoms with Crippen molar-refractivity contribution < 1.29 is 43.0 Å². The molecule has 0 spiro atoms. The highest BCUT2D eigenvalue weighted by Crippen LogP contribution is 2.43. The topological polar surface area (TPSA) is 132 Å². The maximum atomic E-state index is 12.6. The van der Waals surface area contributed by atoms with Gasteiger partial charge >= 0.3 is 13.8 Å². The summed E-state index contributed by atoms with van der Waals surface area (Å²) in [4.78, 5) is 22.6. The highest BCUT2D eigenvalue weighted by Gasteiger charge is 2.26. The molecule has 0 aliphatic rings. The van der Waals surface area contributed by atoms with Gasteiger partial charge < -0.3 is 24.6 Å². The molecule has 3 unspecified atom stereocenters. The van der Waals surface area contributed by atoms with Crippen LogP contribution in [0, 0.1) is 0 Å². The van der Waals surface area contributed by atoms with Gasteiger partial charge in [-0.15, -0.1) is 0 Å². The predicted octanol–water partition coefficient (Wildman–Crippen LogP) is 12.7. The first kappa shape index (κ1) is 55.6. The van der Waals surface area contributed by atoms with Gasteiger partial charge in [0.25, 0.3) is 0 Å². The van der Waals surface area contributed by atoms with Gasteiger partial charge in [-0.1, -0.05) is 163 Å². The molecule has 0 aromatic carbocycles. The van der Waals surface area contributed by atoms with Crippen LogP contribution in [0.2, 0.25) is 0 Å². The van der Waals surface area contributed by atoms with Crippen LogP contribution < -0.4 is 0 Å². The largest absolute Gasteiger partial charge is 0.472 e. The summed E-state index contributed by atoms with van der Waals surface area (Å²) in [5.41, 5.74) is 0. The molecule has 58 heavy (non-hydrogen) atoms. The van der Waals surface area contributed by atoms with E-state index < -0.39 is 45.8 Å². The zero-order valence-corrected chi connectivity index (χ0v) is 37.4. The first-order valence-corrected chi connectivity index (χ1v) is 24.1. The average Bonchev–Trinajstić information content (AvgIpc) is 3.21. The van der Waals surface area contributed by atoms with E-state index in [2.05, 4.69) is 98.9 Å². The van der Waals surface area contributed by atoms with Crippen molar-refractivity contribution in [1.29, 1.82) is 0 Å². The Labute approximate surface area is 354 Å². The van der Waals surface area contributed by atoms with Crippen LogP contribution in [0.5, 0.6) is 0 Å². The van der Waals surface area contributed by atoms with Gasteiger partial charge in [-0.3, -0.25) is 13.8 Å². The third-order valence-corrected chi connectivity index (χ3v) is 10.0. The maximum absolute atomic E-state index is 12.6. The minimum Gasteiger partial charge on any atom is -0.457 e. The molecule has 0 aromatic heterocycles. The summed E-state index contributed by atoms with van der Waals surface area (Å²) in [5, 5.41) is 18.4. The second kappa shape index (κ2) is 44.2. The van der Waals surface area contributed by atoms with E-state index in [-0.39, 0.29) is 13.0 Å². The van der Waals surface area contributed by atoms with E-state index in [4.69, 9.17) is 23.6 Å². The van der Waals surface area contributed by atoms with Gasteiger partial charge in [0, 0.05) is 13.0 Å². The Kier molecular flexibility index (Phi) is 42.4. The Morgan fingerprint density at radius 2 is 0.983 bits per heavy atom. The third kappa shape index (κ3) is 43.2. The van der Waals surface area contributed by atoms with Gasteiger partial charge in [-0.05, 0) is 83.5 Å². The minimum absolute atomic E-state index is 0.00324. The molecule has 334 valence electrons. The summed E-state index contributed by atoms with van der Waals surface area (Å²) in [7, 11) is -4.54. The first-order chi connectivity index (χ1) is 28.3. The van der Waals surface area contributed by atoms with Crippen LogP contribution in [-0.4, -0.2) is 66.3 Å². The lowest BCUT2D eigenvalue weighted by atomic mass is 10.1. The average molecular weight is 835 g/mol. The van der Waals surface area contributed by atoms with E-state index in [0.29, 0.717) is 13.0 Å². The molecule has 3 N–H and O–H groups in total. The Morgan fingerprint density at radius 1 is 0.552 bits per heavy atom. The lowest BCUT2D eigenvalue weighted by molar-refractivity contribution is -0.154. The summed E-state index contributed by atoms with van der Waals surface area (Å²) in [6.07, 6.45) is 54.1. The van der Waals surface area contributed by atoms with Crippen LogP contribution >= 0.6 is 7.82 Å². The standard InChI is InChI=1S/C48H83O9P/c1-3-5-7-9-11-13-15-17-19-20-21-22-23-24-25-26-27-28-30-32-34-36-38-40-48(51)57-47(45-56-58(52,53)55-43-46(50)42-49)44-54-41-39-37-35-33-31-29-18-16-14-12-10-8-6-4-2/h6,8,12,14-15,17-18,20-21,23-24,29,33,35,46-47,49-50H,3-5,7,9-11,13,16,19,22,25-28,30-32,34,36-45H2,1-2H3,(H,52,53)/b8-6-,14-12-,17-15-,21-20-,24-23-,29-18-,35-33-. The second-order valence-corrected chi connectivity index (χ2v) is 16.1. The van der Waals surface area contributed by atoms with E-state index in [0.717, 1.165) is 77.0 Å². The number of aliphatic hydroxyl groups excluding tert-OH is 2. The Morgan fingerprint density at radius 3 is 1.48 bits per heavy atom. The SMILES string of the molecule is CC/C=C\C/C=C\C/C=C\C/C=C\CCCOCC(COP(=O)(O)OCC(O)CO)OC(=O)CCCCCCCCCC/C=C\C/C=C\C/C=C\CCCCCCC. The van der Waals surface area contributed by atoms with Crippen molar-refractivity contribution in [2.45, 2.75) is 180 Å². The lowest BCUT2D eigenvalue weighted by Gasteiger charge is -2.20. The van der Waals surface area contributed by atoms with Crippen LogP contribution in [0.4, 0.5) is 0 Å². The lowest BCUT2D eigenvalue weighted by Crippen LogP contribution is -2.29. The summed E-state index contributed by atoms with van der Waals surface area (Å²) in [6.45, 7) is 3.21. The van der Waals surface area contributed by atoms with Gasteiger partial charge in [-0.2, -0.15) is 0 Å². The van der Waals surface area contributed by atoms with Crippen LogP contribution in [0.1, 0.15) is 168 Å². The van der Waals surface area contributed by atoms with E-state index in [1.165, 1.54) is 64.2 Å². The van der Waals surface area contributed by atoms with Crippen LogP contribution in [0.3, 0.4) is 0 Å². The van der Waals surface area contributed by atoms with Crippen LogP contribution in [0.15, 0.2) is 85.1 Å². The van der Waals surface area contributed by atoms with Crippen LogP contribution in [0.25, 0.3) is 0 Å². The molecule has 0 aromatic rings. The zero-order valence-electron chi connectivity index (χ0n) is 36.5. The van der Waals surface area contributed by atoms with Gasteiger partial charge in [0.15, 0.2) is 0 Å². The quantitative estimate of drug-likeness (QED) is 0.0238. The van der Waals surface area contributed by atoms with Gasteiger partial charge in [0.05, 0.1) is 26.4 Å². The van der Waals surface area contributed by atoms with Crippen molar-refractivity contribution in [3.63, 3.8) is 0 Å². The number of carbonyl (C=O) groups is 1. The fourth-order valence-electron chi connectivity index (χ4n) is 5.66. The van der Waals surface area contributed by atoms with Crippen molar-refractivity contribution in [2.24, 2.45) is 0 Å². The number of aliphatic hydroxyl groups is 2. The van der Waals surface area contributed by atoms with Crippen molar-refractivity contribution in [2.75, 3.05) is 33.0 Å². The fourth-order valence-corrected chi connectivity index (χ4v) is 6.45. The normalized spacial score (nSPS) is 14.8. The highest BCUT2D eigenvalue weighted by molar-refractivity contribution is 7.47. The minimum atomic E-state index is -4.54.